The van der Waals surface area contributed by atoms with E-state index < -0.39 is 23.2 Å². The van der Waals surface area contributed by atoms with Crippen LogP contribution in [0.4, 0.5) is 5.69 Å². The molecule has 0 saturated heterocycles. The van der Waals surface area contributed by atoms with Crippen LogP contribution in [0.15, 0.2) is 65.1 Å². The van der Waals surface area contributed by atoms with Crippen LogP contribution in [-0.2, 0) is 19.7 Å². The highest BCUT2D eigenvalue weighted by Crippen LogP contribution is 2.66. The molecule has 5 rings (SSSR count). The average Bonchev–Trinajstić information content (AvgIpc) is 3.37. The van der Waals surface area contributed by atoms with Gasteiger partial charge in [0.05, 0.1) is 18.4 Å². The molecule has 0 aromatic heterocycles. The van der Waals surface area contributed by atoms with E-state index >= 15 is 0 Å². The van der Waals surface area contributed by atoms with Crippen LogP contribution in [0.5, 0.6) is 0 Å². The number of carbonyl (C=O) groups excluding carboxylic acids is 3. The predicted octanol–water partition coefficient (Wildman–Crippen LogP) is 4.48. The molecule has 1 spiro atoms. The van der Waals surface area contributed by atoms with Crippen molar-refractivity contribution < 1.29 is 19.1 Å². The number of amides is 1. The van der Waals surface area contributed by atoms with Crippen LogP contribution in [0.3, 0.4) is 0 Å². The van der Waals surface area contributed by atoms with Crippen molar-refractivity contribution in [2.24, 2.45) is 11.8 Å². The lowest BCUT2D eigenvalue weighted by atomic mass is 9.90. The third-order valence-electron chi connectivity index (χ3n) is 6.11. The van der Waals surface area contributed by atoms with E-state index in [1.165, 1.54) is 0 Å². The molecule has 0 radical (unpaired) electrons. The molecule has 1 saturated carbocycles. The highest BCUT2D eigenvalue weighted by molar-refractivity contribution is 9.10. The van der Waals surface area contributed by atoms with Crippen molar-refractivity contribution in [3.05, 3.63) is 76.3 Å². The van der Waals surface area contributed by atoms with Crippen LogP contribution in [0.1, 0.15) is 22.8 Å². The van der Waals surface area contributed by atoms with E-state index in [-0.39, 0.29) is 18.3 Å². The maximum absolute atomic E-state index is 13.6. The maximum Gasteiger partial charge on any atom is 0.311 e. The van der Waals surface area contributed by atoms with Gasteiger partial charge in [0.25, 0.3) is 0 Å². The molecule has 0 bridgehead atoms. The predicted molar refractivity (Wildman–Crippen MR) is 116 cm³/mol. The first kappa shape index (κ1) is 19.0. The Kier molecular flexibility index (Phi) is 4.29. The largest absolute Gasteiger partial charge is 0.466 e. The fourth-order valence-electron chi connectivity index (χ4n) is 4.76. The van der Waals surface area contributed by atoms with E-state index in [1.807, 2.05) is 48.5 Å². The third kappa shape index (κ3) is 2.56. The number of rotatable bonds is 4. The van der Waals surface area contributed by atoms with Gasteiger partial charge in [0.15, 0.2) is 5.78 Å². The lowest BCUT2D eigenvalue weighted by Crippen LogP contribution is -2.26. The Labute approximate surface area is 181 Å². The number of benzene rings is 3. The normalized spacial score (nSPS) is 23.9. The van der Waals surface area contributed by atoms with Gasteiger partial charge in [-0.15, -0.1) is 0 Å². The summed E-state index contributed by atoms with van der Waals surface area (Å²) in [5.41, 5.74) is 0.556. The van der Waals surface area contributed by atoms with Gasteiger partial charge in [0, 0.05) is 15.7 Å². The third-order valence-corrected chi connectivity index (χ3v) is 6.61. The van der Waals surface area contributed by atoms with E-state index in [0.29, 0.717) is 16.8 Å². The molecular formula is C24H18BrNO4. The van der Waals surface area contributed by atoms with Crippen LogP contribution >= 0.6 is 15.9 Å². The van der Waals surface area contributed by atoms with Gasteiger partial charge in [0.2, 0.25) is 5.91 Å². The van der Waals surface area contributed by atoms with Crippen LogP contribution in [-0.4, -0.2) is 24.3 Å². The summed E-state index contributed by atoms with van der Waals surface area (Å²) >= 11 is 3.44. The molecule has 1 aliphatic heterocycles. The second-order valence-corrected chi connectivity index (χ2v) is 8.56. The summed E-state index contributed by atoms with van der Waals surface area (Å²) in [6.07, 6.45) is 0. The van der Waals surface area contributed by atoms with Crippen molar-refractivity contribution in [1.29, 1.82) is 0 Å². The lowest BCUT2D eigenvalue weighted by Gasteiger charge is -2.09. The summed E-state index contributed by atoms with van der Waals surface area (Å²) in [7, 11) is 0. The fraction of sp³-hybridized carbons (Fsp3) is 0.208. The Morgan fingerprint density at radius 1 is 1.03 bits per heavy atom. The number of anilines is 1. The molecule has 2 aliphatic rings. The van der Waals surface area contributed by atoms with Gasteiger partial charge in [-0.05, 0) is 47.5 Å². The molecule has 1 N–H and O–H groups in total. The van der Waals surface area contributed by atoms with Crippen molar-refractivity contribution in [2.75, 3.05) is 11.9 Å². The minimum Gasteiger partial charge on any atom is -0.466 e. The van der Waals surface area contributed by atoms with Crippen molar-refractivity contribution in [1.82, 2.24) is 0 Å². The summed E-state index contributed by atoms with van der Waals surface area (Å²) in [5.74, 6) is -2.70. The molecule has 1 fully saturated rings. The van der Waals surface area contributed by atoms with E-state index in [0.717, 1.165) is 15.2 Å². The maximum atomic E-state index is 13.6. The number of fused-ring (bicyclic) bond motifs is 3. The van der Waals surface area contributed by atoms with Crippen molar-refractivity contribution in [2.45, 2.75) is 12.3 Å². The molecule has 30 heavy (non-hydrogen) atoms. The number of ketones is 1. The molecule has 1 aliphatic carbocycles. The van der Waals surface area contributed by atoms with Crippen LogP contribution in [0.25, 0.3) is 10.8 Å². The van der Waals surface area contributed by atoms with Crippen molar-refractivity contribution in [3.63, 3.8) is 0 Å². The summed E-state index contributed by atoms with van der Waals surface area (Å²) in [6, 6.07) is 18.6. The number of Topliss-reactive ketones (excluding diaryl/α,β-unsaturated/α-hetero) is 1. The number of ether oxygens (including phenoxy) is 1. The van der Waals surface area contributed by atoms with Gasteiger partial charge in [-0.1, -0.05) is 52.3 Å². The SMILES string of the molecule is CCOC(=O)[C@H]1[C@H](C(=O)c2ccc3ccccc3c2)C12C(=O)Nc1ccc(Br)cc12. The summed E-state index contributed by atoms with van der Waals surface area (Å²) < 4.78 is 6.03. The van der Waals surface area contributed by atoms with Crippen LogP contribution in [0.2, 0.25) is 0 Å². The van der Waals surface area contributed by atoms with Gasteiger partial charge in [-0.3, -0.25) is 14.4 Å². The first-order valence-electron chi connectivity index (χ1n) is 9.79. The molecule has 150 valence electrons. The van der Waals surface area contributed by atoms with Gasteiger partial charge >= 0.3 is 5.97 Å². The zero-order chi connectivity index (χ0) is 21.0. The molecule has 1 unspecified atom stereocenters. The molecule has 1 amide bonds. The Morgan fingerprint density at radius 2 is 1.80 bits per heavy atom. The standard InChI is InChI=1S/C24H18BrNO4/c1-2-30-22(28)20-19(21(27)15-8-7-13-5-3-4-6-14(13)11-15)24(20)17-12-16(25)9-10-18(17)26-23(24)29/h3-12,19-20H,2H2,1H3,(H,26,29)/t19-,20-,24?/m1/s1. The number of hydrogen-bond acceptors (Lipinski definition) is 4. The van der Waals surface area contributed by atoms with Gasteiger partial charge in [-0.25, -0.2) is 0 Å². The molecule has 6 heteroatoms. The Hall–Kier alpha value is -2.99. The van der Waals surface area contributed by atoms with E-state index in [9.17, 15) is 14.4 Å². The smallest absolute Gasteiger partial charge is 0.311 e. The number of esters is 1. The molecule has 3 atom stereocenters. The highest BCUT2D eigenvalue weighted by Gasteiger charge is 2.79. The van der Waals surface area contributed by atoms with Crippen molar-refractivity contribution in [3.8, 4) is 0 Å². The summed E-state index contributed by atoms with van der Waals surface area (Å²) in [6.45, 7) is 1.90. The summed E-state index contributed by atoms with van der Waals surface area (Å²) in [5, 5.41) is 4.81. The highest BCUT2D eigenvalue weighted by atomic mass is 79.9. The Balaban J connectivity index is 1.62. The molecule has 3 aromatic rings. The topological polar surface area (TPSA) is 72.5 Å². The number of halogens is 1. The minimum atomic E-state index is -1.23. The molecule has 5 nitrogen and oxygen atoms in total. The van der Waals surface area contributed by atoms with Gasteiger partial charge in [0.1, 0.15) is 5.41 Å². The van der Waals surface area contributed by atoms with E-state index in [4.69, 9.17) is 4.74 Å². The first-order valence-corrected chi connectivity index (χ1v) is 10.6. The second kappa shape index (κ2) is 6.77. The Morgan fingerprint density at radius 3 is 2.57 bits per heavy atom. The van der Waals surface area contributed by atoms with Gasteiger partial charge < -0.3 is 10.1 Å². The minimum absolute atomic E-state index is 0.190. The van der Waals surface area contributed by atoms with Crippen LogP contribution in [0, 0.1) is 11.8 Å². The fourth-order valence-corrected chi connectivity index (χ4v) is 5.12. The first-order chi connectivity index (χ1) is 14.5. The molecule has 1 heterocycles. The van der Waals surface area contributed by atoms with Crippen molar-refractivity contribution >= 4 is 50.0 Å². The second-order valence-electron chi connectivity index (χ2n) is 7.65. The average molecular weight is 464 g/mol. The number of nitrogens with one attached hydrogen (secondary N) is 1. The number of carbonyl (C=O) groups is 3. The zero-order valence-electron chi connectivity index (χ0n) is 16.1. The van der Waals surface area contributed by atoms with E-state index in [1.54, 1.807) is 19.1 Å². The Bertz CT molecular complexity index is 1240. The lowest BCUT2D eigenvalue weighted by molar-refractivity contribution is -0.146. The molecular weight excluding hydrogens is 446 g/mol. The zero-order valence-corrected chi connectivity index (χ0v) is 17.7. The summed E-state index contributed by atoms with van der Waals surface area (Å²) in [4.78, 5) is 39.5. The van der Waals surface area contributed by atoms with E-state index in [2.05, 4.69) is 21.2 Å². The number of hydrogen-bond donors (Lipinski definition) is 1. The van der Waals surface area contributed by atoms with Crippen LogP contribution < -0.4 is 5.32 Å². The quantitative estimate of drug-likeness (QED) is 0.457. The van der Waals surface area contributed by atoms with Gasteiger partial charge in [-0.2, -0.15) is 0 Å². The molecule has 3 aromatic carbocycles. The monoisotopic (exact) mass is 463 g/mol.